The Morgan fingerprint density at radius 2 is 1.90 bits per heavy atom. The monoisotopic (exact) mass is 319 g/mol. The molecule has 1 amide bonds. The lowest BCUT2D eigenvalue weighted by atomic mass is 10.1. The number of hydrogen-bond acceptors (Lipinski definition) is 2. The number of hydrogen-bond donors (Lipinski definition) is 0. The SMILES string of the molecule is Cc1ccc(C(=O)N(C2CC2)[C@H](C)c2ccc(Cl)cc2)s1. The largest absolute Gasteiger partial charge is 0.328 e. The fourth-order valence-electron chi connectivity index (χ4n) is 2.59. The summed E-state index contributed by atoms with van der Waals surface area (Å²) >= 11 is 7.53. The van der Waals surface area contributed by atoms with Gasteiger partial charge in [-0.2, -0.15) is 0 Å². The van der Waals surface area contributed by atoms with E-state index in [-0.39, 0.29) is 11.9 Å². The van der Waals surface area contributed by atoms with Gasteiger partial charge in [0.15, 0.2) is 0 Å². The van der Waals surface area contributed by atoms with E-state index in [0.717, 1.165) is 28.3 Å². The van der Waals surface area contributed by atoms with Gasteiger partial charge in [0.2, 0.25) is 0 Å². The van der Waals surface area contributed by atoms with Crippen molar-refractivity contribution in [3.05, 3.63) is 56.7 Å². The summed E-state index contributed by atoms with van der Waals surface area (Å²) in [5.74, 6) is 0.151. The lowest BCUT2D eigenvalue weighted by Crippen LogP contribution is -2.35. The fourth-order valence-corrected chi connectivity index (χ4v) is 3.53. The lowest BCUT2D eigenvalue weighted by molar-refractivity contribution is 0.0679. The van der Waals surface area contributed by atoms with E-state index in [9.17, 15) is 4.79 Å². The van der Waals surface area contributed by atoms with Crippen LogP contribution in [-0.4, -0.2) is 16.8 Å². The molecule has 0 aliphatic heterocycles. The Balaban J connectivity index is 1.87. The van der Waals surface area contributed by atoms with Crippen molar-refractivity contribution >= 4 is 28.8 Å². The van der Waals surface area contributed by atoms with Gasteiger partial charge >= 0.3 is 0 Å². The van der Waals surface area contributed by atoms with E-state index >= 15 is 0 Å². The standard InChI is InChI=1S/C17H18ClNOS/c1-11-3-10-16(21-11)17(20)19(15-8-9-15)12(2)13-4-6-14(18)7-5-13/h3-7,10,12,15H,8-9H2,1-2H3/t12-/m1/s1. The van der Waals surface area contributed by atoms with E-state index in [1.54, 1.807) is 11.3 Å². The molecule has 1 atom stereocenters. The zero-order chi connectivity index (χ0) is 15.0. The molecule has 0 bridgehead atoms. The summed E-state index contributed by atoms with van der Waals surface area (Å²) in [6, 6.07) is 12.2. The molecule has 0 radical (unpaired) electrons. The van der Waals surface area contributed by atoms with E-state index in [1.807, 2.05) is 48.2 Å². The van der Waals surface area contributed by atoms with Crippen LogP contribution in [-0.2, 0) is 0 Å². The number of carbonyl (C=O) groups is 1. The number of nitrogens with zero attached hydrogens (tertiary/aromatic N) is 1. The number of thiophene rings is 1. The van der Waals surface area contributed by atoms with Gasteiger partial charge in [-0.25, -0.2) is 0 Å². The first-order valence-electron chi connectivity index (χ1n) is 7.21. The van der Waals surface area contributed by atoms with Crippen LogP contribution < -0.4 is 0 Å². The van der Waals surface area contributed by atoms with Crippen molar-refractivity contribution in [3.63, 3.8) is 0 Å². The van der Waals surface area contributed by atoms with Crippen LogP contribution in [0.1, 0.15) is 45.9 Å². The number of amides is 1. The highest BCUT2D eigenvalue weighted by Crippen LogP contribution is 2.36. The van der Waals surface area contributed by atoms with Crippen molar-refractivity contribution in [2.75, 3.05) is 0 Å². The Hall–Kier alpha value is -1.32. The van der Waals surface area contributed by atoms with Crippen LogP contribution in [0.3, 0.4) is 0 Å². The zero-order valence-corrected chi connectivity index (χ0v) is 13.7. The van der Waals surface area contributed by atoms with Crippen LogP contribution in [0, 0.1) is 6.92 Å². The molecular formula is C17H18ClNOS. The van der Waals surface area contributed by atoms with Crippen molar-refractivity contribution in [3.8, 4) is 0 Å². The average molecular weight is 320 g/mol. The quantitative estimate of drug-likeness (QED) is 0.770. The zero-order valence-electron chi connectivity index (χ0n) is 12.2. The molecule has 4 heteroatoms. The summed E-state index contributed by atoms with van der Waals surface area (Å²) in [5, 5.41) is 0.726. The van der Waals surface area contributed by atoms with Gasteiger partial charge in [0.05, 0.1) is 10.9 Å². The summed E-state index contributed by atoms with van der Waals surface area (Å²) in [7, 11) is 0. The summed E-state index contributed by atoms with van der Waals surface area (Å²) < 4.78 is 0. The molecule has 0 spiro atoms. The van der Waals surface area contributed by atoms with E-state index in [2.05, 4.69) is 6.92 Å². The fraction of sp³-hybridized carbons (Fsp3) is 0.353. The van der Waals surface area contributed by atoms with Gasteiger partial charge in [0, 0.05) is 15.9 Å². The molecule has 110 valence electrons. The van der Waals surface area contributed by atoms with E-state index in [1.165, 1.54) is 4.88 Å². The molecule has 2 nitrogen and oxygen atoms in total. The van der Waals surface area contributed by atoms with Gasteiger partial charge in [-0.3, -0.25) is 4.79 Å². The van der Waals surface area contributed by atoms with Crippen LogP contribution in [0.2, 0.25) is 5.02 Å². The van der Waals surface area contributed by atoms with Crippen molar-refractivity contribution in [1.82, 2.24) is 4.90 Å². The van der Waals surface area contributed by atoms with Gasteiger partial charge in [-0.1, -0.05) is 23.7 Å². The van der Waals surface area contributed by atoms with Crippen molar-refractivity contribution in [1.29, 1.82) is 0 Å². The Labute approximate surface area is 134 Å². The third-order valence-electron chi connectivity index (χ3n) is 3.90. The van der Waals surface area contributed by atoms with Crippen LogP contribution in [0.4, 0.5) is 0 Å². The van der Waals surface area contributed by atoms with Gasteiger partial charge in [0.1, 0.15) is 0 Å². The molecule has 1 heterocycles. The molecule has 1 aromatic carbocycles. The molecule has 0 saturated heterocycles. The van der Waals surface area contributed by atoms with Crippen LogP contribution >= 0.6 is 22.9 Å². The number of benzene rings is 1. The normalized spacial score (nSPS) is 15.8. The minimum Gasteiger partial charge on any atom is -0.328 e. The summed E-state index contributed by atoms with van der Waals surface area (Å²) in [5.41, 5.74) is 1.13. The first-order chi connectivity index (χ1) is 10.1. The minimum absolute atomic E-state index is 0.0738. The third kappa shape index (κ3) is 3.14. The Bertz CT molecular complexity index is 645. The molecule has 1 aliphatic rings. The van der Waals surface area contributed by atoms with E-state index < -0.39 is 0 Å². The van der Waals surface area contributed by atoms with Gasteiger partial charge < -0.3 is 4.90 Å². The second kappa shape index (κ2) is 5.82. The molecule has 1 saturated carbocycles. The van der Waals surface area contributed by atoms with Crippen molar-refractivity contribution in [2.24, 2.45) is 0 Å². The second-order valence-electron chi connectivity index (χ2n) is 5.58. The molecule has 1 aromatic heterocycles. The molecule has 21 heavy (non-hydrogen) atoms. The van der Waals surface area contributed by atoms with E-state index in [0.29, 0.717) is 6.04 Å². The van der Waals surface area contributed by atoms with Gasteiger partial charge in [0.25, 0.3) is 5.91 Å². The van der Waals surface area contributed by atoms with E-state index in [4.69, 9.17) is 11.6 Å². The van der Waals surface area contributed by atoms with Crippen LogP contribution in [0.5, 0.6) is 0 Å². The first-order valence-corrected chi connectivity index (χ1v) is 8.40. The first kappa shape index (κ1) is 14.6. The topological polar surface area (TPSA) is 20.3 Å². The molecule has 0 unspecified atom stereocenters. The highest BCUT2D eigenvalue weighted by atomic mass is 35.5. The van der Waals surface area contributed by atoms with Gasteiger partial charge in [-0.05, 0) is 56.5 Å². The highest BCUT2D eigenvalue weighted by Gasteiger charge is 2.37. The molecule has 0 N–H and O–H groups in total. The maximum absolute atomic E-state index is 12.8. The predicted octanol–water partition coefficient (Wildman–Crippen LogP) is 5.08. The summed E-state index contributed by atoms with van der Waals surface area (Å²) in [6.45, 7) is 4.13. The maximum Gasteiger partial charge on any atom is 0.264 e. The number of carbonyl (C=O) groups excluding carboxylic acids is 1. The lowest BCUT2D eigenvalue weighted by Gasteiger charge is -2.29. The molecule has 1 aliphatic carbocycles. The molecule has 1 fully saturated rings. The molecular weight excluding hydrogens is 302 g/mol. The minimum atomic E-state index is 0.0738. The number of rotatable bonds is 4. The summed E-state index contributed by atoms with van der Waals surface area (Å²) in [6.07, 6.45) is 2.21. The van der Waals surface area contributed by atoms with Crippen molar-refractivity contribution in [2.45, 2.75) is 38.8 Å². The Morgan fingerprint density at radius 1 is 1.24 bits per heavy atom. The van der Waals surface area contributed by atoms with Crippen molar-refractivity contribution < 1.29 is 4.79 Å². The Kier molecular flexibility index (Phi) is 4.05. The van der Waals surface area contributed by atoms with Gasteiger partial charge in [-0.15, -0.1) is 11.3 Å². The maximum atomic E-state index is 12.8. The number of aryl methyl sites for hydroxylation is 1. The smallest absolute Gasteiger partial charge is 0.264 e. The third-order valence-corrected chi connectivity index (χ3v) is 5.14. The number of halogens is 1. The average Bonchev–Trinajstić information content (AvgIpc) is 3.20. The van der Waals surface area contributed by atoms with Crippen LogP contribution in [0.25, 0.3) is 0 Å². The predicted molar refractivity (Wildman–Crippen MR) is 88.1 cm³/mol. The highest BCUT2D eigenvalue weighted by molar-refractivity contribution is 7.13. The summed E-state index contributed by atoms with van der Waals surface area (Å²) in [4.78, 5) is 16.9. The van der Waals surface area contributed by atoms with Crippen LogP contribution in [0.15, 0.2) is 36.4 Å². The second-order valence-corrected chi connectivity index (χ2v) is 7.31. The molecule has 2 aromatic rings. The Morgan fingerprint density at radius 3 is 2.43 bits per heavy atom. The molecule has 3 rings (SSSR count).